The Balaban J connectivity index is 1.83. The number of alkyl halides is 6. The minimum atomic E-state index is -4.75. The number of nitrogens with one attached hydrogen (secondary N) is 1. The van der Waals surface area contributed by atoms with Gasteiger partial charge in [0.25, 0.3) is 0 Å². The Morgan fingerprint density at radius 1 is 0.970 bits per heavy atom. The van der Waals surface area contributed by atoms with Gasteiger partial charge in [0.05, 0.1) is 21.5 Å². The lowest BCUT2D eigenvalue weighted by Gasteiger charge is -2.15. The van der Waals surface area contributed by atoms with Crippen LogP contribution in [0.2, 0.25) is 5.02 Å². The number of anilines is 1. The first-order valence-corrected chi connectivity index (χ1v) is 10.5. The molecule has 174 valence electrons. The number of rotatable bonds is 5. The fraction of sp³-hybridized carbons (Fsp3) is 0.190. The Bertz CT molecular complexity index is 1150. The maximum Gasteiger partial charge on any atom is 0.433 e. The van der Waals surface area contributed by atoms with Crippen molar-refractivity contribution >= 4 is 35.0 Å². The first-order chi connectivity index (χ1) is 15.3. The normalized spacial score (nSPS) is 13.0. The predicted molar refractivity (Wildman–Crippen MR) is 113 cm³/mol. The third-order valence-corrected chi connectivity index (χ3v) is 5.55. The van der Waals surface area contributed by atoms with Gasteiger partial charge in [-0.3, -0.25) is 4.79 Å². The Hall–Kier alpha value is -2.79. The van der Waals surface area contributed by atoms with Crippen molar-refractivity contribution in [2.24, 2.45) is 0 Å². The van der Waals surface area contributed by atoms with Crippen LogP contribution in [0.25, 0.3) is 11.3 Å². The maximum atomic E-state index is 13.3. The zero-order valence-electron chi connectivity index (χ0n) is 16.6. The first kappa shape index (κ1) is 24.8. The van der Waals surface area contributed by atoms with Gasteiger partial charge in [0.2, 0.25) is 5.91 Å². The van der Waals surface area contributed by atoms with Crippen molar-refractivity contribution in [2.75, 3.05) is 5.32 Å². The van der Waals surface area contributed by atoms with E-state index >= 15 is 0 Å². The lowest BCUT2D eigenvalue weighted by atomic mass is 10.1. The number of thioether (sulfide) groups is 1. The second kappa shape index (κ2) is 9.60. The Labute approximate surface area is 193 Å². The van der Waals surface area contributed by atoms with Gasteiger partial charge in [0.1, 0.15) is 5.69 Å². The molecule has 0 aliphatic heterocycles. The van der Waals surface area contributed by atoms with E-state index in [-0.39, 0.29) is 16.5 Å². The molecule has 3 aromatic rings. The van der Waals surface area contributed by atoms with E-state index in [1.807, 2.05) is 0 Å². The first-order valence-electron chi connectivity index (χ1n) is 9.20. The molecular weight excluding hydrogens is 492 g/mol. The highest BCUT2D eigenvalue weighted by Gasteiger charge is 2.35. The van der Waals surface area contributed by atoms with E-state index in [4.69, 9.17) is 11.6 Å². The molecule has 0 aliphatic carbocycles. The van der Waals surface area contributed by atoms with E-state index in [1.54, 1.807) is 30.3 Å². The highest BCUT2D eigenvalue weighted by molar-refractivity contribution is 8.00. The molecule has 0 spiro atoms. The second-order valence-electron chi connectivity index (χ2n) is 6.73. The molecule has 4 nitrogen and oxygen atoms in total. The highest BCUT2D eigenvalue weighted by atomic mass is 35.5. The molecule has 33 heavy (non-hydrogen) atoms. The van der Waals surface area contributed by atoms with Crippen LogP contribution in [-0.4, -0.2) is 21.1 Å². The summed E-state index contributed by atoms with van der Waals surface area (Å²) in [6.07, 6.45) is -9.47. The molecule has 0 saturated carbocycles. The molecular formula is C21H14ClF6N3OS. The van der Waals surface area contributed by atoms with Crippen LogP contribution in [0.3, 0.4) is 0 Å². The van der Waals surface area contributed by atoms with Crippen molar-refractivity contribution < 1.29 is 31.1 Å². The molecule has 2 aromatic carbocycles. The zero-order valence-corrected chi connectivity index (χ0v) is 18.2. The average molecular weight is 506 g/mol. The number of hydrogen-bond donors (Lipinski definition) is 1. The fourth-order valence-electron chi connectivity index (χ4n) is 2.66. The lowest BCUT2D eigenvalue weighted by Crippen LogP contribution is -2.23. The lowest BCUT2D eigenvalue weighted by molar-refractivity contribution is -0.141. The van der Waals surface area contributed by atoms with Gasteiger partial charge in [-0.05, 0) is 31.2 Å². The van der Waals surface area contributed by atoms with Crippen molar-refractivity contribution in [1.29, 1.82) is 0 Å². The predicted octanol–water partition coefficient (Wildman–Crippen LogP) is 6.95. The fourth-order valence-corrected chi connectivity index (χ4v) is 3.66. The van der Waals surface area contributed by atoms with Crippen molar-refractivity contribution in [2.45, 2.75) is 29.7 Å². The van der Waals surface area contributed by atoms with Crippen LogP contribution in [0.5, 0.6) is 0 Å². The molecule has 1 N–H and O–H groups in total. The molecule has 0 aliphatic rings. The monoisotopic (exact) mass is 505 g/mol. The molecule has 0 unspecified atom stereocenters. The topological polar surface area (TPSA) is 54.9 Å². The smallest absolute Gasteiger partial charge is 0.325 e. The molecule has 0 saturated heterocycles. The van der Waals surface area contributed by atoms with Crippen LogP contribution < -0.4 is 5.32 Å². The van der Waals surface area contributed by atoms with Crippen LogP contribution in [0.4, 0.5) is 32.0 Å². The molecule has 1 aromatic heterocycles. The number of nitrogens with zero attached hydrogens (tertiary/aromatic N) is 2. The summed E-state index contributed by atoms with van der Waals surface area (Å²) in [5.41, 5.74) is -2.04. The quantitative estimate of drug-likeness (QED) is 0.231. The Morgan fingerprint density at radius 3 is 2.24 bits per heavy atom. The zero-order chi connectivity index (χ0) is 24.4. The molecule has 0 radical (unpaired) electrons. The third-order valence-electron chi connectivity index (χ3n) is 4.26. The Morgan fingerprint density at radius 2 is 1.64 bits per heavy atom. The van der Waals surface area contributed by atoms with Gasteiger partial charge in [-0.2, -0.15) is 26.3 Å². The largest absolute Gasteiger partial charge is 0.433 e. The van der Waals surface area contributed by atoms with Crippen molar-refractivity contribution in [3.63, 3.8) is 0 Å². The number of amides is 1. The minimum Gasteiger partial charge on any atom is -0.325 e. The summed E-state index contributed by atoms with van der Waals surface area (Å²) < 4.78 is 79.0. The number of halogens is 7. The summed E-state index contributed by atoms with van der Waals surface area (Å²) in [6.45, 7) is 1.37. The van der Waals surface area contributed by atoms with Gasteiger partial charge in [-0.1, -0.05) is 53.7 Å². The van der Waals surface area contributed by atoms with E-state index in [2.05, 4.69) is 15.3 Å². The molecule has 1 atom stereocenters. The number of carbonyl (C=O) groups excluding carboxylic acids is 1. The van der Waals surface area contributed by atoms with Crippen molar-refractivity contribution in [3.05, 3.63) is 70.9 Å². The molecule has 1 amide bonds. The van der Waals surface area contributed by atoms with Gasteiger partial charge in [-0.15, -0.1) is 0 Å². The van der Waals surface area contributed by atoms with Crippen molar-refractivity contribution in [3.8, 4) is 11.3 Å². The average Bonchev–Trinajstić information content (AvgIpc) is 2.74. The third kappa shape index (κ3) is 6.38. The summed E-state index contributed by atoms with van der Waals surface area (Å²) in [6, 6.07) is 11.8. The summed E-state index contributed by atoms with van der Waals surface area (Å²) in [5.74, 6) is -0.752. The number of benzene rings is 2. The number of carbonyl (C=O) groups is 1. The SMILES string of the molecule is C[C@H](Sc1nc(-c2ccccc2)cc(C(F)(F)F)n1)C(=O)Nc1ccc(Cl)c(C(F)(F)F)c1. The van der Waals surface area contributed by atoms with Gasteiger partial charge in [0, 0.05) is 11.3 Å². The van der Waals surface area contributed by atoms with E-state index < -0.39 is 39.8 Å². The van der Waals surface area contributed by atoms with Crippen LogP contribution >= 0.6 is 23.4 Å². The van der Waals surface area contributed by atoms with Crippen molar-refractivity contribution in [1.82, 2.24) is 9.97 Å². The summed E-state index contributed by atoms with van der Waals surface area (Å²) >= 11 is 6.20. The summed E-state index contributed by atoms with van der Waals surface area (Å²) in [4.78, 5) is 20.1. The molecule has 0 fully saturated rings. The van der Waals surface area contributed by atoms with Gasteiger partial charge >= 0.3 is 12.4 Å². The minimum absolute atomic E-state index is 0.0144. The van der Waals surface area contributed by atoms with Crippen LogP contribution in [0, 0.1) is 0 Å². The standard InChI is InChI=1S/C21H14ClF6N3OS/c1-11(18(32)29-13-7-8-15(22)14(9-13)20(23,24)25)33-19-30-16(12-5-3-2-4-6-12)10-17(31-19)21(26,27)28/h2-11H,1H3,(H,29,32)/t11-/m0/s1. The molecule has 3 rings (SSSR count). The van der Waals surface area contributed by atoms with Gasteiger partial charge < -0.3 is 5.32 Å². The van der Waals surface area contributed by atoms with E-state index in [0.29, 0.717) is 23.4 Å². The van der Waals surface area contributed by atoms with E-state index in [9.17, 15) is 31.1 Å². The highest BCUT2D eigenvalue weighted by Crippen LogP contribution is 2.37. The van der Waals surface area contributed by atoms with E-state index in [0.717, 1.165) is 12.1 Å². The van der Waals surface area contributed by atoms with Crippen LogP contribution in [-0.2, 0) is 17.1 Å². The van der Waals surface area contributed by atoms with Crippen LogP contribution in [0.15, 0.2) is 59.8 Å². The van der Waals surface area contributed by atoms with E-state index in [1.165, 1.54) is 13.0 Å². The Kier molecular flexibility index (Phi) is 7.23. The molecule has 0 bridgehead atoms. The summed E-state index contributed by atoms with van der Waals surface area (Å²) in [5, 5.41) is 0.430. The maximum absolute atomic E-state index is 13.3. The van der Waals surface area contributed by atoms with Gasteiger partial charge in [0.15, 0.2) is 5.16 Å². The van der Waals surface area contributed by atoms with Gasteiger partial charge in [-0.25, -0.2) is 9.97 Å². The van der Waals surface area contributed by atoms with Crippen LogP contribution in [0.1, 0.15) is 18.2 Å². The number of hydrogen-bond acceptors (Lipinski definition) is 4. The number of aromatic nitrogens is 2. The molecule has 1 heterocycles. The molecule has 12 heteroatoms. The second-order valence-corrected chi connectivity index (χ2v) is 8.44. The summed E-state index contributed by atoms with van der Waals surface area (Å²) in [7, 11) is 0.